The number of carbonyl (C=O) groups excluding carboxylic acids is 1. The second-order valence-electron chi connectivity index (χ2n) is 4.21. The maximum atomic E-state index is 13.6. The molecule has 0 saturated heterocycles. The van der Waals surface area contributed by atoms with Gasteiger partial charge in [0, 0.05) is 7.05 Å². The van der Waals surface area contributed by atoms with Crippen molar-refractivity contribution in [3.8, 4) is 0 Å². The first-order chi connectivity index (χ1) is 10.00. The van der Waals surface area contributed by atoms with E-state index in [-0.39, 0.29) is 12.7 Å². The molecule has 0 aliphatic rings. The van der Waals surface area contributed by atoms with Crippen molar-refractivity contribution in [3.63, 3.8) is 0 Å². The van der Waals surface area contributed by atoms with E-state index in [9.17, 15) is 30.8 Å². The predicted molar refractivity (Wildman–Crippen MR) is 67.9 cm³/mol. The zero-order valence-corrected chi connectivity index (χ0v) is 12.5. The molecular formula is C12H13F4NO4S. The molecule has 124 valence electrons. The van der Waals surface area contributed by atoms with Crippen LogP contribution in [0.3, 0.4) is 0 Å². The van der Waals surface area contributed by atoms with E-state index in [1.165, 1.54) is 6.92 Å². The van der Waals surface area contributed by atoms with Crippen molar-refractivity contribution in [2.24, 2.45) is 0 Å². The lowest BCUT2D eigenvalue weighted by atomic mass is 10.2. The number of hydrogen-bond acceptors (Lipinski definition) is 4. The molecular weight excluding hydrogens is 330 g/mol. The van der Waals surface area contributed by atoms with Gasteiger partial charge < -0.3 is 4.74 Å². The Morgan fingerprint density at radius 3 is 2.41 bits per heavy atom. The highest BCUT2D eigenvalue weighted by Gasteiger charge is 2.34. The lowest BCUT2D eigenvalue weighted by Crippen LogP contribution is -2.33. The van der Waals surface area contributed by atoms with Gasteiger partial charge in [-0.2, -0.15) is 17.5 Å². The van der Waals surface area contributed by atoms with Gasteiger partial charge in [-0.25, -0.2) is 12.8 Å². The van der Waals surface area contributed by atoms with E-state index in [1.807, 2.05) is 0 Å². The molecule has 5 nitrogen and oxygen atoms in total. The number of ether oxygens (including phenoxy) is 1. The molecule has 0 heterocycles. The van der Waals surface area contributed by atoms with Crippen LogP contribution in [0.25, 0.3) is 0 Å². The molecule has 0 unspecified atom stereocenters. The van der Waals surface area contributed by atoms with Crippen molar-refractivity contribution in [2.45, 2.75) is 18.0 Å². The molecule has 0 bridgehead atoms. The second kappa shape index (κ2) is 6.61. The highest BCUT2D eigenvalue weighted by Crippen LogP contribution is 2.32. The summed E-state index contributed by atoms with van der Waals surface area (Å²) in [4.78, 5) is 10.1. The van der Waals surface area contributed by atoms with Gasteiger partial charge in [-0.15, -0.1) is 0 Å². The number of rotatable bonds is 5. The van der Waals surface area contributed by atoms with Gasteiger partial charge in [0.1, 0.15) is 17.3 Å². The number of carbonyl (C=O) groups is 1. The summed E-state index contributed by atoms with van der Waals surface area (Å²) < 4.78 is 80.5. The van der Waals surface area contributed by atoms with Gasteiger partial charge in [-0.05, 0) is 25.1 Å². The molecule has 0 atom stereocenters. The van der Waals surface area contributed by atoms with Crippen LogP contribution in [0.4, 0.5) is 17.6 Å². The van der Waals surface area contributed by atoms with Crippen LogP contribution in [-0.2, 0) is 25.7 Å². The van der Waals surface area contributed by atoms with Crippen LogP contribution in [-0.4, -0.2) is 38.9 Å². The SMILES string of the molecule is CCOC(=O)CN(C)S(=O)(=O)c1cc(C(F)(F)F)ccc1F. The molecule has 0 aromatic heterocycles. The molecule has 0 aliphatic carbocycles. The summed E-state index contributed by atoms with van der Waals surface area (Å²) in [5, 5.41) is 0. The largest absolute Gasteiger partial charge is 0.465 e. The fraction of sp³-hybridized carbons (Fsp3) is 0.417. The molecule has 1 aromatic carbocycles. The first kappa shape index (κ1) is 18.4. The van der Waals surface area contributed by atoms with E-state index in [4.69, 9.17) is 0 Å². The minimum Gasteiger partial charge on any atom is -0.465 e. The van der Waals surface area contributed by atoms with E-state index in [2.05, 4.69) is 4.74 Å². The zero-order chi connectivity index (χ0) is 17.1. The van der Waals surface area contributed by atoms with Crippen molar-refractivity contribution in [1.29, 1.82) is 0 Å². The van der Waals surface area contributed by atoms with E-state index >= 15 is 0 Å². The smallest absolute Gasteiger partial charge is 0.416 e. The molecule has 0 fully saturated rings. The summed E-state index contributed by atoms with van der Waals surface area (Å²) in [6.07, 6.45) is -4.82. The highest BCUT2D eigenvalue weighted by atomic mass is 32.2. The van der Waals surface area contributed by atoms with Gasteiger partial charge in [0.25, 0.3) is 0 Å². The zero-order valence-electron chi connectivity index (χ0n) is 11.6. The minimum absolute atomic E-state index is 0.00460. The molecule has 1 rings (SSSR count). The number of sulfonamides is 1. The topological polar surface area (TPSA) is 63.7 Å². The average Bonchev–Trinajstić information content (AvgIpc) is 2.37. The number of nitrogens with zero attached hydrogens (tertiary/aromatic N) is 1. The van der Waals surface area contributed by atoms with Crippen molar-refractivity contribution >= 4 is 16.0 Å². The molecule has 0 saturated carbocycles. The predicted octanol–water partition coefficient (Wildman–Crippen LogP) is 2.03. The van der Waals surface area contributed by atoms with Crippen LogP contribution in [0.15, 0.2) is 23.1 Å². The number of esters is 1. The fourth-order valence-corrected chi connectivity index (χ4v) is 2.72. The van der Waals surface area contributed by atoms with Crippen molar-refractivity contribution in [2.75, 3.05) is 20.2 Å². The van der Waals surface area contributed by atoms with Gasteiger partial charge >= 0.3 is 12.1 Å². The third-order valence-electron chi connectivity index (χ3n) is 2.60. The summed E-state index contributed by atoms with van der Waals surface area (Å²) >= 11 is 0. The Labute approximate surface area is 124 Å². The molecule has 1 aromatic rings. The van der Waals surface area contributed by atoms with Crippen molar-refractivity contribution in [1.82, 2.24) is 4.31 Å². The number of likely N-dealkylation sites (N-methyl/N-ethyl adjacent to an activating group) is 1. The molecule has 22 heavy (non-hydrogen) atoms. The number of hydrogen-bond donors (Lipinski definition) is 0. The van der Waals surface area contributed by atoms with Crippen LogP contribution < -0.4 is 0 Å². The van der Waals surface area contributed by atoms with Gasteiger partial charge in [-0.3, -0.25) is 4.79 Å². The van der Waals surface area contributed by atoms with Gasteiger partial charge in [0.05, 0.1) is 12.2 Å². The normalized spacial score (nSPS) is 12.5. The van der Waals surface area contributed by atoms with Crippen LogP contribution in [0.1, 0.15) is 12.5 Å². The van der Waals surface area contributed by atoms with Crippen LogP contribution in [0, 0.1) is 5.82 Å². The van der Waals surface area contributed by atoms with Crippen molar-refractivity contribution < 1.29 is 35.5 Å². The van der Waals surface area contributed by atoms with Crippen molar-refractivity contribution in [3.05, 3.63) is 29.6 Å². The van der Waals surface area contributed by atoms with Gasteiger partial charge in [0.2, 0.25) is 10.0 Å². The molecule has 0 radical (unpaired) electrons. The molecule has 0 spiro atoms. The standard InChI is InChI=1S/C12H13F4NO4S/c1-3-21-11(18)7-17(2)22(19,20)10-6-8(12(14,15)16)4-5-9(10)13/h4-6H,3,7H2,1-2H3. The molecule has 10 heteroatoms. The summed E-state index contributed by atoms with van der Waals surface area (Å²) in [5.41, 5.74) is -1.31. The lowest BCUT2D eigenvalue weighted by Gasteiger charge is -2.17. The van der Waals surface area contributed by atoms with E-state index in [0.29, 0.717) is 16.4 Å². The Morgan fingerprint density at radius 2 is 1.91 bits per heavy atom. The number of alkyl halides is 3. The van der Waals surface area contributed by atoms with Crippen LogP contribution >= 0.6 is 0 Å². The van der Waals surface area contributed by atoms with Gasteiger partial charge in [-0.1, -0.05) is 0 Å². The maximum Gasteiger partial charge on any atom is 0.416 e. The first-order valence-corrected chi connectivity index (χ1v) is 7.43. The lowest BCUT2D eigenvalue weighted by molar-refractivity contribution is -0.143. The molecule has 0 aliphatic heterocycles. The summed E-state index contributed by atoms with van der Waals surface area (Å²) in [7, 11) is -3.67. The fourth-order valence-electron chi connectivity index (χ4n) is 1.52. The number of benzene rings is 1. The van der Waals surface area contributed by atoms with Crippen LogP contribution in [0.2, 0.25) is 0 Å². The third-order valence-corrected chi connectivity index (χ3v) is 4.42. The molecule has 0 amide bonds. The Bertz CT molecular complexity index is 658. The highest BCUT2D eigenvalue weighted by molar-refractivity contribution is 7.89. The minimum atomic E-state index is -4.82. The Balaban J connectivity index is 3.19. The third kappa shape index (κ3) is 4.17. The summed E-state index contributed by atoms with van der Waals surface area (Å²) in [6, 6.07) is 1.03. The van der Waals surface area contributed by atoms with Gasteiger partial charge in [0.15, 0.2) is 0 Å². The van der Waals surface area contributed by atoms with Crippen LogP contribution in [0.5, 0.6) is 0 Å². The quantitative estimate of drug-likeness (QED) is 0.606. The first-order valence-electron chi connectivity index (χ1n) is 5.99. The maximum absolute atomic E-state index is 13.6. The summed E-state index contributed by atoms with van der Waals surface area (Å²) in [5.74, 6) is -2.25. The Morgan fingerprint density at radius 1 is 1.32 bits per heavy atom. The summed E-state index contributed by atoms with van der Waals surface area (Å²) in [6.45, 7) is 0.759. The Hall–Kier alpha value is -1.68. The monoisotopic (exact) mass is 343 g/mol. The Kier molecular flexibility index (Phi) is 5.52. The average molecular weight is 343 g/mol. The second-order valence-corrected chi connectivity index (χ2v) is 6.22. The molecule has 0 N–H and O–H groups in total. The van der Waals surface area contributed by atoms with E-state index in [1.54, 1.807) is 0 Å². The van der Waals surface area contributed by atoms with E-state index < -0.39 is 45.0 Å². The van der Waals surface area contributed by atoms with E-state index in [0.717, 1.165) is 7.05 Å². The number of halogens is 4.